The average Bonchev–Trinajstić information content (AvgIpc) is 2.64. The molecular formula is C22H24F2N2O. The molecule has 142 valence electrons. The van der Waals surface area contributed by atoms with E-state index in [1.54, 1.807) is 12.1 Å². The number of rotatable bonds is 4. The smallest absolute Gasteiger partial charge is 0.254 e. The van der Waals surface area contributed by atoms with Gasteiger partial charge >= 0.3 is 0 Å². The highest BCUT2D eigenvalue weighted by atomic mass is 19.1. The van der Waals surface area contributed by atoms with Gasteiger partial charge in [-0.3, -0.25) is 9.69 Å². The van der Waals surface area contributed by atoms with Crippen LogP contribution in [-0.4, -0.2) is 28.9 Å². The summed E-state index contributed by atoms with van der Waals surface area (Å²) in [5, 5.41) is 3.04. The van der Waals surface area contributed by atoms with Gasteiger partial charge in [-0.05, 0) is 55.5 Å². The van der Waals surface area contributed by atoms with Crippen LogP contribution in [0, 0.1) is 11.6 Å². The van der Waals surface area contributed by atoms with Crippen molar-refractivity contribution in [2.24, 2.45) is 0 Å². The van der Waals surface area contributed by atoms with Gasteiger partial charge in [0.2, 0.25) is 0 Å². The van der Waals surface area contributed by atoms with Crippen molar-refractivity contribution in [2.75, 3.05) is 0 Å². The zero-order chi connectivity index (χ0) is 18.8. The monoisotopic (exact) mass is 370 g/mol. The van der Waals surface area contributed by atoms with Gasteiger partial charge in [-0.2, -0.15) is 0 Å². The number of piperidine rings is 2. The van der Waals surface area contributed by atoms with E-state index in [-0.39, 0.29) is 23.3 Å². The molecule has 5 heteroatoms. The van der Waals surface area contributed by atoms with Crippen molar-refractivity contribution in [2.45, 2.75) is 56.8 Å². The molecule has 2 bridgehead atoms. The first-order valence-corrected chi connectivity index (χ1v) is 9.66. The molecule has 4 rings (SSSR count). The van der Waals surface area contributed by atoms with E-state index in [0.29, 0.717) is 12.1 Å². The highest BCUT2D eigenvalue weighted by Gasteiger charge is 2.38. The minimum Gasteiger partial charge on any atom is -0.349 e. The molecule has 2 fully saturated rings. The first-order valence-electron chi connectivity index (χ1n) is 9.66. The maximum atomic E-state index is 13.9. The lowest BCUT2D eigenvalue weighted by atomic mass is 9.81. The number of benzene rings is 2. The van der Waals surface area contributed by atoms with Crippen LogP contribution in [0.2, 0.25) is 0 Å². The lowest BCUT2D eigenvalue weighted by Gasteiger charge is -2.49. The maximum absolute atomic E-state index is 13.9. The number of hydrogen-bond acceptors (Lipinski definition) is 2. The summed E-state index contributed by atoms with van der Waals surface area (Å²) in [4.78, 5) is 15.0. The summed E-state index contributed by atoms with van der Waals surface area (Å²) < 4.78 is 27.0. The Hall–Kier alpha value is -2.27. The van der Waals surface area contributed by atoms with Crippen molar-refractivity contribution in [3.8, 4) is 0 Å². The van der Waals surface area contributed by atoms with Crippen LogP contribution in [0.15, 0.2) is 48.5 Å². The summed E-state index contributed by atoms with van der Waals surface area (Å²) in [6, 6.07) is 13.7. The quantitative estimate of drug-likeness (QED) is 0.871. The second-order valence-corrected chi connectivity index (χ2v) is 7.66. The normalized spacial score (nSPS) is 25.2. The molecule has 2 saturated heterocycles. The van der Waals surface area contributed by atoms with Crippen LogP contribution >= 0.6 is 0 Å². The Morgan fingerprint density at radius 3 is 2.33 bits per heavy atom. The van der Waals surface area contributed by atoms with Crippen molar-refractivity contribution in [1.82, 2.24) is 10.2 Å². The van der Waals surface area contributed by atoms with Crippen LogP contribution < -0.4 is 5.32 Å². The number of amides is 1. The highest BCUT2D eigenvalue weighted by Crippen LogP contribution is 2.35. The van der Waals surface area contributed by atoms with E-state index in [9.17, 15) is 13.6 Å². The molecule has 2 heterocycles. The van der Waals surface area contributed by atoms with Crippen molar-refractivity contribution < 1.29 is 13.6 Å². The Bertz CT molecular complexity index is 794. The predicted octanol–water partition coefficient (Wildman–Crippen LogP) is 4.28. The third-order valence-electron chi connectivity index (χ3n) is 5.86. The Kier molecular flexibility index (Phi) is 5.21. The lowest BCUT2D eigenvalue weighted by molar-refractivity contribution is 0.0176. The topological polar surface area (TPSA) is 32.3 Å². The Balaban J connectivity index is 1.42. The maximum Gasteiger partial charge on any atom is 0.254 e. The Morgan fingerprint density at radius 2 is 1.67 bits per heavy atom. The van der Waals surface area contributed by atoms with Gasteiger partial charge in [-0.25, -0.2) is 8.78 Å². The Morgan fingerprint density at radius 1 is 1.00 bits per heavy atom. The zero-order valence-corrected chi connectivity index (χ0v) is 15.2. The number of carbonyl (C=O) groups excluding carboxylic acids is 1. The molecule has 2 unspecified atom stereocenters. The molecule has 0 radical (unpaired) electrons. The van der Waals surface area contributed by atoms with Gasteiger partial charge in [0.25, 0.3) is 5.91 Å². The molecule has 3 nitrogen and oxygen atoms in total. The third kappa shape index (κ3) is 4.03. The van der Waals surface area contributed by atoms with E-state index in [0.717, 1.165) is 37.8 Å². The molecule has 0 aromatic heterocycles. The molecule has 0 saturated carbocycles. The number of nitrogens with zero attached hydrogens (tertiary/aromatic N) is 1. The molecule has 2 aliphatic rings. The van der Waals surface area contributed by atoms with Gasteiger partial charge < -0.3 is 5.32 Å². The standard InChI is InChI=1S/C22H24F2N2O/c23-16-10-8-15(9-11-16)14-26-18-4-3-5-19(26)13-17(12-18)25-22(27)20-6-1-2-7-21(20)24/h1-2,6-11,17-19H,3-5,12-14H2,(H,25,27). The molecule has 0 aliphatic carbocycles. The number of halogens is 2. The highest BCUT2D eigenvalue weighted by molar-refractivity contribution is 5.94. The van der Waals surface area contributed by atoms with Crippen molar-refractivity contribution in [1.29, 1.82) is 0 Å². The van der Waals surface area contributed by atoms with Gasteiger partial charge in [0.1, 0.15) is 11.6 Å². The SMILES string of the molecule is O=C(NC1CC2CCCC(C1)N2Cc1ccc(F)cc1)c1ccccc1F. The number of carbonyl (C=O) groups is 1. The molecule has 2 aromatic rings. The third-order valence-corrected chi connectivity index (χ3v) is 5.86. The Labute approximate surface area is 158 Å². The summed E-state index contributed by atoms with van der Waals surface area (Å²) in [6.07, 6.45) is 5.15. The predicted molar refractivity (Wildman–Crippen MR) is 100 cm³/mol. The molecular weight excluding hydrogens is 346 g/mol. The second kappa shape index (κ2) is 7.77. The number of hydrogen-bond donors (Lipinski definition) is 1. The van der Waals surface area contributed by atoms with Gasteiger partial charge in [0, 0.05) is 24.7 Å². The summed E-state index contributed by atoms with van der Waals surface area (Å²) in [5.41, 5.74) is 1.22. The minimum absolute atomic E-state index is 0.0665. The molecule has 2 aliphatic heterocycles. The fourth-order valence-corrected chi connectivity index (χ4v) is 4.56. The van der Waals surface area contributed by atoms with E-state index in [2.05, 4.69) is 10.2 Å². The molecule has 2 atom stereocenters. The molecule has 1 amide bonds. The van der Waals surface area contributed by atoms with Crippen LogP contribution in [-0.2, 0) is 6.54 Å². The van der Waals surface area contributed by atoms with Crippen LogP contribution in [0.1, 0.15) is 48.0 Å². The van der Waals surface area contributed by atoms with E-state index in [1.165, 1.54) is 30.7 Å². The lowest BCUT2D eigenvalue weighted by Crippen LogP contribution is -2.56. The van der Waals surface area contributed by atoms with Crippen molar-refractivity contribution in [3.05, 3.63) is 71.3 Å². The first kappa shape index (κ1) is 18.1. The summed E-state index contributed by atoms with van der Waals surface area (Å²) in [6.45, 7) is 0.809. The van der Waals surface area contributed by atoms with E-state index >= 15 is 0 Å². The fraction of sp³-hybridized carbons (Fsp3) is 0.409. The summed E-state index contributed by atoms with van der Waals surface area (Å²) in [5.74, 6) is -1.03. The summed E-state index contributed by atoms with van der Waals surface area (Å²) in [7, 11) is 0. The van der Waals surface area contributed by atoms with Crippen LogP contribution in [0.3, 0.4) is 0 Å². The second-order valence-electron chi connectivity index (χ2n) is 7.66. The number of fused-ring (bicyclic) bond motifs is 2. The van der Waals surface area contributed by atoms with Gasteiger partial charge in [-0.1, -0.05) is 30.7 Å². The van der Waals surface area contributed by atoms with Crippen molar-refractivity contribution in [3.63, 3.8) is 0 Å². The van der Waals surface area contributed by atoms with Gasteiger partial charge in [-0.15, -0.1) is 0 Å². The van der Waals surface area contributed by atoms with Crippen molar-refractivity contribution >= 4 is 5.91 Å². The van der Waals surface area contributed by atoms with Crippen LogP contribution in [0.25, 0.3) is 0 Å². The van der Waals surface area contributed by atoms with Gasteiger partial charge in [0.15, 0.2) is 0 Å². The van der Waals surface area contributed by atoms with Gasteiger partial charge in [0.05, 0.1) is 5.56 Å². The minimum atomic E-state index is -0.482. The number of nitrogens with one attached hydrogen (secondary N) is 1. The summed E-state index contributed by atoms with van der Waals surface area (Å²) >= 11 is 0. The van der Waals surface area contributed by atoms with E-state index < -0.39 is 5.82 Å². The first-order chi connectivity index (χ1) is 13.1. The van der Waals surface area contributed by atoms with E-state index in [1.807, 2.05) is 12.1 Å². The van der Waals surface area contributed by atoms with E-state index in [4.69, 9.17) is 0 Å². The molecule has 2 aromatic carbocycles. The van der Waals surface area contributed by atoms with Crippen LogP contribution in [0.5, 0.6) is 0 Å². The molecule has 27 heavy (non-hydrogen) atoms. The largest absolute Gasteiger partial charge is 0.349 e. The zero-order valence-electron chi connectivity index (χ0n) is 15.2. The van der Waals surface area contributed by atoms with Crippen LogP contribution in [0.4, 0.5) is 8.78 Å². The molecule has 0 spiro atoms. The fourth-order valence-electron chi connectivity index (χ4n) is 4.56. The average molecular weight is 370 g/mol. The molecule has 1 N–H and O–H groups in total.